The quantitative estimate of drug-likeness (QED) is 0.732. The Morgan fingerprint density at radius 1 is 1.39 bits per heavy atom. The average Bonchev–Trinajstić information content (AvgIpc) is 2.38. The van der Waals surface area contributed by atoms with Gasteiger partial charge in [0.25, 0.3) is 5.91 Å². The summed E-state index contributed by atoms with van der Waals surface area (Å²) < 4.78 is 5.46. The summed E-state index contributed by atoms with van der Waals surface area (Å²) in [6.45, 7) is 5.50. The third-order valence-electron chi connectivity index (χ3n) is 3.37. The normalized spacial score (nSPS) is 18.7. The fourth-order valence-corrected chi connectivity index (χ4v) is 2.08. The molecule has 5 heteroatoms. The minimum atomic E-state index is -0.755. The molecule has 1 aliphatic rings. The molecule has 1 N–H and O–H groups in total. The zero-order valence-electron chi connectivity index (χ0n) is 11.2. The number of hydrogen-bond acceptors (Lipinski definition) is 3. The second-order valence-corrected chi connectivity index (χ2v) is 4.80. The Kier molecular flexibility index (Phi) is 6.12. The number of unbranched alkanes of at least 4 members (excludes halogenated alkanes) is 1. The average molecular weight is 257 g/mol. The van der Waals surface area contributed by atoms with Crippen LogP contribution in [0.3, 0.4) is 0 Å². The van der Waals surface area contributed by atoms with Gasteiger partial charge in [-0.25, -0.2) is 0 Å². The second-order valence-electron chi connectivity index (χ2n) is 4.80. The van der Waals surface area contributed by atoms with Crippen LogP contribution in [0.4, 0.5) is 0 Å². The van der Waals surface area contributed by atoms with E-state index in [9.17, 15) is 9.59 Å². The highest BCUT2D eigenvalue weighted by molar-refractivity contribution is 5.81. The first-order valence-corrected chi connectivity index (χ1v) is 6.69. The Morgan fingerprint density at radius 2 is 2.00 bits per heavy atom. The number of aliphatic carboxylic acids is 1. The number of ether oxygens (including phenoxy) is 1. The maximum Gasteiger partial charge on any atom is 0.306 e. The van der Waals surface area contributed by atoms with Crippen molar-refractivity contribution in [1.29, 1.82) is 0 Å². The predicted molar refractivity (Wildman–Crippen MR) is 67.3 cm³/mol. The molecule has 0 spiro atoms. The van der Waals surface area contributed by atoms with Gasteiger partial charge in [0.2, 0.25) is 0 Å². The molecule has 1 unspecified atom stereocenters. The highest BCUT2D eigenvalue weighted by atomic mass is 16.5. The molecule has 0 saturated carbocycles. The van der Waals surface area contributed by atoms with Crippen LogP contribution in [-0.4, -0.2) is 47.7 Å². The van der Waals surface area contributed by atoms with E-state index in [-0.39, 0.29) is 11.8 Å². The van der Waals surface area contributed by atoms with Crippen molar-refractivity contribution in [2.45, 2.75) is 45.6 Å². The standard InChI is InChI=1S/C13H23NO4/c1-3-4-9-18-10(2)12(15)14-7-5-11(6-8-14)13(16)17/h10-11H,3-9H2,1-2H3,(H,16,17). The Morgan fingerprint density at radius 3 is 2.50 bits per heavy atom. The molecule has 0 aliphatic carbocycles. The zero-order chi connectivity index (χ0) is 13.5. The van der Waals surface area contributed by atoms with Crippen molar-refractivity contribution in [3.8, 4) is 0 Å². The predicted octanol–water partition coefficient (Wildman–Crippen LogP) is 1.51. The molecular formula is C13H23NO4. The van der Waals surface area contributed by atoms with Crippen LogP contribution >= 0.6 is 0 Å². The van der Waals surface area contributed by atoms with E-state index in [2.05, 4.69) is 6.92 Å². The largest absolute Gasteiger partial charge is 0.481 e. The molecule has 5 nitrogen and oxygen atoms in total. The second kappa shape index (κ2) is 7.36. The molecular weight excluding hydrogens is 234 g/mol. The minimum Gasteiger partial charge on any atom is -0.481 e. The minimum absolute atomic E-state index is 0.0186. The highest BCUT2D eigenvalue weighted by Crippen LogP contribution is 2.18. The number of carbonyl (C=O) groups is 2. The van der Waals surface area contributed by atoms with Gasteiger partial charge in [0, 0.05) is 19.7 Å². The summed E-state index contributed by atoms with van der Waals surface area (Å²) in [7, 11) is 0. The molecule has 0 aromatic carbocycles. The lowest BCUT2D eigenvalue weighted by Gasteiger charge is -2.31. The summed E-state index contributed by atoms with van der Waals surface area (Å²) >= 11 is 0. The summed E-state index contributed by atoms with van der Waals surface area (Å²) in [5.41, 5.74) is 0. The van der Waals surface area contributed by atoms with Crippen LogP contribution in [0.1, 0.15) is 39.5 Å². The Hall–Kier alpha value is -1.10. The van der Waals surface area contributed by atoms with Crippen LogP contribution in [0.25, 0.3) is 0 Å². The number of rotatable bonds is 6. The maximum atomic E-state index is 12.0. The molecule has 0 aromatic heterocycles. The van der Waals surface area contributed by atoms with E-state index in [1.54, 1.807) is 11.8 Å². The van der Waals surface area contributed by atoms with E-state index in [1.807, 2.05) is 0 Å². The number of likely N-dealkylation sites (tertiary alicyclic amines) is 1. The van der Waals surface area contributed by atoms with Crippen LogP contribution < -0.4 is 0 Å². The SMILES string of the molecule is CCCCOC(C)C(=O)N1CCC(C(=O)O)CC1. The van der Waals surface area contributed by atoms with Crippen molar-refractivity contribution in [1.82, 2.24) is 4.90 Å². The summed E-state index contributed by atoms with van der Waals surface area (Å²) in [6.07, 6.45) is 2.67. The number of nitrogens with zero attached hydrogens (tertiary/aromatic N) is 1. The number of piperidine rings is 1. The Bertz CT molecular complexity index is 285. The van der Waals surface area contributed by atoms with Gasteiger partial charge < -0.3 is 14.7 Å². The number of hydrogen-bond donors (Lipinski definition) is 1. The highest BCUT2D eigenvalue weighted by Gasteiger charge is 2.29. The number of carboxylic acid groups (broad SMARTS) is 1. The lowest BCUT2D eigenvalue weighted by Crippen LogP contribution is -2.45. The molecule has 18 heavy (non-hydrogen) atoms. The molecule has 0 radical (unpaired) electrons. The first kappa shape index (κ1) is 15.0. The van der Waals surface area contributed by atoms with Gasteiger partial charge in [0.1, 0.15) is 6.10 Å². The molecule has 1 atom stereocenters. The van der Waals surface area contributed by atoms with Crippen LogP contribution in [0.2, 0.25) is 0 Å². The lowest BCUT2D eigenvalue weighted by molar-refractivity contribution is -0.149. The van der Waals surface area contributed by atoms with Crippen molar-refractivity contribution < 1.29 is 19.4 Å². The zero-order valence-corrected chi connectivity index (χ0v) is 11.2. The third-order valence-corrected chi connectivity index (χ3v) is 3.37. The Balaban J connectivity index is 2.32. The first-order chi connectivity index (χ1) is 8.56. The summed E-state index contributed by atoms with van der Waals surface area (Å²) in [4.78, 5) is 24.6. The third kappa shape index (κ3) is 4.29. The van der Waals surface area contributed by atoms with Gasteiger partial charge >= 0.3 is 5.97 Å². The van der Waals surface area contributed by atoms with Gasteiger partial charge in [-0.2, -0.15) is 0 Å². The van der Waals surface area contributed by atoms with Gasteiger partial charge in [-0.1, -0.05) is 13.3 Å². The molecule has 0 bridgehead atoms. The van der Waals surface area contributed by atoms with Gasteiger partial charge in [-0.3, -0.25) is 9.59 Å². The molecule has 1 amide bonds. The summed E-state index contributed by atoms with van der Waals surface area (Å²) in [6, 6.07) is 0. The topological polar surface area (TPSA) is 66.8 Å². The molecule has 104 valence electrons. The fraction of sp³-hybridized carbons (Fsp3) is 0.846. The van der Waals surface area contributed by atoms with E-state index in [1.165, 1.54) is 0 Å². The van der Waals surface area contributed by atoms with Gasteiger partial charge in [-0.05, 0) is 26.2 Å². The van der Waals surface area contributed by atoms with Gasteiger partial charge in [0.15, 0.2) is 0 Å². The van der Waals surface area contributed by atoms with Crippen molar-refractivity contribution >= 4 is 11.9 Å². The number of amides is 1. The molecule has 1 fully saturated rings. The van der Waals surface area contributed by atoms with Crippen molar-refractivity contribution in [3.63, 3.8) is 0 Å². The van der Waals surface area contributed by atoms with E-state index in [0.29, 0.717) is 32.5 Å². The number of carboxylic acids is 1. The van der Waals surface area contributed by atoms with Crippen molar-refractivity contribution in [2.75, 3.05) is 19.7 Å². The molecule has 1 saturated heterocycles. The lowest BCUT2D eigenvalue weighted by atomic mass is 9.97. The van der Waals surface area contributed by atoms with Crippen LogP contribution in [-0.2, 0) is 14.3 Å². The molecule has 1 heterocycles. The Labute approximate surface area is 108 Å². The van der Waals surface area contributed by atoms with Crippen LogP contribution in [0, 0.1) is 5.92 Å². The monoisotopic (exact) mass is 257 g/mol. The van der Waals surface area contributed by atoms with Crippen LogP contribution in [0.15, 0.2) is 0 Å². The van der Waals surface area contributed by atoms with Crippen molar-refractivity contribution in [2.24, 2.45) is 5.92 Å². The van der Waals surface area contributed by atoms with E-state index in [0.717, 1.165) is 12.8 Å². The van der Waals surface area contributed by atoms with E-state index >= 15 is 0 Å². The van der Waals surface area contributed by atoms with E-state index in [4.69, 9.17) is 9.84 Å². The molecule has 0 aromatic rings. The van der Waals surface area contributed by atoms with E-state index < -0.39 is 12.1 Å². The van der Waals surface area contributed by atoms with Crippen molar-refractivity contribution in [3.05, 3.63) is 0 Å². The molecule has 1 rings (SSSR count). The summed E-state index contributed by atoms with van der Waals surface area (Å²) in [5.74, 6) is -1.07. The number of carbonyl (C=O) groups excluding carboxylic acids is 1. The summed E-state index contributed by atoms with van der Waals surface area (Å²) in [5, 5.41) is 8.89. The van der Waals surface area contributed by atoms with Gasteiger partial charge in [-0.15, -0.1) is 0 Å². The van der Waals surface area contributed by atoms with Gasteiger partial charge in [0.05, 0.1) is 5.92 Å². The van der Waals surface area contributed by atoms with Crippen LogP contribution in [0.5, 0.6) is 0 Å². The maximum absolute atomic E-state index is 12.0. The molecule has 1 aliphatic heterocycles. The first-order valence-electron chi connectivity index (χ1n) is 6.69. The fourth-order valence-electron chi connectivity index (χ4n) is 2.08. The smallest absolute Gasteiger partial charge is 0.306 e.